The first-order valence-electron chi connectivity index (χ1n) is 9.84. The van der Waals surface area contributed by atoms with Crippen molar-refractivity contribution < 1.29 is 19.8 Å². The second-order valence-corrected chi connectivity index (χ2v) is 9.11. The number of benzene rings is 2. The quantitative estimate of drug-likeness (QED) is 0.818. The molecule has 4 nitrogen and oxygen atoms in total. The fourth-order valence-corrected chi connectivity index (χ4v) is 6.47. The molecule has 0 aliphatic heterocycles. The molecule has 4 heteroatoms. The van der Waals surface area contributed by atoms with E-state index in [1.165, 1.54) is 0 Å². The van der Waals surface area contributed by atoms with Crippen molar-refractivity contribution in [1.29, 1.82) is 0 Å². The molecular weight excluding hydrogens is 352 g/mol. The minimum atomic E-state index is -0.997. The second-order valence-electron chi connectivity index (χ2n) is 9.11. The zero-order valence-electron chi connectivity index (χ0n) is 16.2. The Morgan fingerprint density at radius 2 is 1.46 bits per heavy atom. The van der Waals surface area contributed by atoms with Gasteiger partial charge in [0.05, 0.1) is 11.8 Å². The van der Waals surface area contributed by atoms with E-state index in [0.29, 0.717) is 12.8 Å². The fourth-order valence-electron chi connectivity index (χ4n) is 6.47. The monoisotopic (exact) mass is 378 g/mol. The Morgan fingerprint density at radius 1 is 0.893 bits per heavy atom. The summed E-state index contributed by atoms with van der Waals surface area (Å²) in [7, 11) is 0. The Hall–Kier alpha value is -2.62. The molecule has 3 aliphatic carbocycles. The van der Waals surface area contributed by atoms with Gasteiger partial charge in [0.1, 0.15) is 0 Å². The molecule has 0 radical (unpaired) electrons. The van der Waals surface area contributed by atoms with E-state index in [-0.39, 0.29) is 17.3 Å². The molecule has 0 spiro atoms. The number of hydrogen-bond donors (Lipinski definition) is 2. The van der Waals surface area contributed by atoms with E-state index >= 15 is 0 Å². The molecule has 2 aromatic carbocycles. The molecule has 2 aromatic rings. The minimum Gasteiger partial charge on any atom is -0.481 e. The van der Waals surface area contributed by atoms with Gasteiger partial charge in [-0.1, -0.05) is 74.5 Å². The van der Waals surface area contributed by atoms with Gasteiger partial charge in [-0.05, 0) is 41.2 Å². The average molecular weight is 378 g/mol. The van der Waals surface area contributed by atoms with Crippen LogP contribution in [0.3, 0.4) is 0 Å². The highest BCUT2D eigenvalue weighted by Crippen LogP contribution is 2.68. The van der Waals surface area contributed by atoms with Crippen LogP contribution in [-0.2, 0) is 15.0 Å². The summed E-state index contributed by atoms with van der Waals surface area (Å²) in [4.78, 5) is 24.9. The molecule has 2 N–H and O–H groups in total. The summed E-state index contributed by atoms with van der Waals surface area (Å²) >= 11 is 0. The largest absolute Gasteiger partial charge is 0.481 e. The zero-order valence-corrected chi connectivity index (χ0v) is 16.2. The van der Waals surface area contributed by atoms with Gasteiger partial charge < -0.3 is 10.2 Å². The van der Waals surface area contributed by atoms with Gasteiger partial charge in [0.2, 0.25) is 0 Å². The van der Waals surface area contributed by atoms with Crippen LogP contribution in [0.2, 0.25) is 0 Å². The maximum atomic E-state index is 12.4. The molecule has 2 bridgehead atoms. The van der Waals surface area contributed by atoms with Crippen LogP contribution in [0.1, 0.15) is 43.7 Å². The first-order valence-corrected chi connectivity index (χ1v) is 9.84. The lowest BCUT2D eigenvalue weighted by molar-refractivity contribution is -0.182. The Labute approximate surface area is 165 Å². The van der Waals surface area contributed by atoms with Crippen LogP contribution in [0.4, 0.5) is 0 Å². The second kappa shape index (κ2) is 6.47. The van der Waals surface area contributed by atoms with E-state index in [0.717, 1.165) is 11.1 Å². The third kappa shape index (κ3) is 2.66. The highest BCUT2D eigenvalue weighted by molar-refractivity contribution is 5.83. The van der Waals surface area contributed by atoms with Crippen molar-refractivity contribution in [1.82, 2.24) is 0 Å². The predicted molar refractivity (Wildman–Crippen MR) is 106 cm³/mol. The van der Waals surface area contributed by atoms with E-state index in [4.69, 9.17) is 0 Å². The van der Waals surface area contributed by atoms with Gasteiger partial charge in [-0.25, -0.2) is 0 Å². The summed E-state index contributed by atoms with van der Waals surface area (Å²) < 4.78 is 0. The van der Waals surface area contributed by atoms with Gasteiger partial charge in [0.15, 0.2) is 0 Å². The number of hydrogen-bond acceptors (Lipinski definition) is 2. The number of aliphatic carboxylic acids is 2. The van der Waals surface area contributed by atoms with E-state index < -0.39 is 29.2 Å². The molecule has 0 heterocycles. The lowest BCUT2D eigenvalue weighted by Crippen LogP contribution is -2.64. The smallest absolute Gasteiger partial charge is 0.308 e. The molecule has 3 fully saturated rings. The van der Waals surface area contributed by atoms with E-state index in [2.05, 4.69) is 26.0 Å². The number of carboxylic acids is 2. The van der Waals surface area contributed by atoms with Crippen molar-refractivity contribution >= 4 is 11.9 Å². The van der Waals surface area contributed by atoms with Gasteiger partial charge >= 0.3 is 11.9 Å². The van der Waals surface area contributed by atoms with Gasteiger partial charge in [-0.3, -0.25) is 9.59 Å². The standard InChI is InChI=1S/C24H26O4/c1-23(2)14-24(16-11-7-4-8-12-16)13-17(15-9-5-3-6-10-15)19(23)18(21(25)26)20(24)22(27)28/h3-12,17-20H,13-14H2,1-2H3,(H,25,26)(H,27,28). The van der Waals surface area contributed by atoms with Crippen molar-refractivity contribution in [3.8, 4) is 0 Å². The van der Waals surface area contributed by atoms with Crippen molar-refractivity contribution in [2.45, 2.75) is 38.0 Å². The highest BCUT2D eigenvalue weighted by Gasteiger charge is 2.68. The highest BCUT2D eigenvalue weighted by atomic mass is 16.4. The summed E-state index contributed by atoms with van der Waals surface area (Å²) in [5, 5.41) is 20.3. The first-order chi connectivity index (χ1) is 13.3. The van der Waals surface area contributed by atoms with Gasteiger partial charge in [-0.15, -0.1) is 0 Å². The topological polar surface area (TPSA) is 74.6 Å². The van der Waals surface area contributed by atoms with Crippen LogP contribution >= 0.6 is 0 Å². The summed E-state index contributed by atoms with van der Waals surface area (Å²) in [5.41, 5.74) is 1.06. The molecule has 28 heavy (non-hydrogen) atoms. The van der Waals surface area contributed by atoms with Crippen molar-refractivity contribution in [3.63, 3.8) is 0 Å². The summed E-state index contributed by atoms with van der Waals surface area (Å²) in [6.45, 7) is 4.22. The Bertz CT molecular complexity index is 889. The van der Waals surface area contributed by atoms with Crippen LogP contribution in [-0.4, -0.2) is 22.2 Å². The lowest BCUT2D eigenvalue weighted by atomic mass is 9.38. The predicted octanol–water partition coefficient (Wildman–Crippen LogP) is 4.56. The van der Waals surface area contributed by atoms with Crippen LogP contribution in [0, 0.1) is 23.2 Å². The Morgan fingerprint density at radius 3 is 2.00 bits per heavy atom. The van der Waals surface area contributed by atoms with Gasteiger partial charge in [0.25, 0.3) is 0 Å². The SMILES string of the molecule is CC1(C)CC2(c3ccccc3)CC(c3ccccc3)C1C(C(=O)O)C2C(=O)O. The molecule has 0 aromatic heterocycles. The first kappa shape index (κ1) is 18.7. The lowest BCUT2D eigenvalue weighted by Gasteiger charge is -2.64. The Kier molecular flexibility index (Phi) is 4.33. The van der Waals surface area contributed by atoms with Gasteiger partial charge in [-0.2, -0.15) is 0 Å². The average Bonchev–Trinajstić information content (AvgIpc) is 2.67. The maximum absolute atomic E-state index is 12.4. The van der Waals surface area contributed by atoms with Crippen molar-refractivity contribution in [3.05, 3.63) is 71.8 Å². The third-order valence-electron chi connectivity index (χ3n) is 7.16. The van der Waals surface area contributed by atoms with Crippen LogP contribution in [0.25, 0.3) is 0 Å². The van der Waals surface area contributed by atoms with Crippen LogP contribution in [0.5, 0.6) is 0 Å². The maximum Gasteiger partial charge on any atom is 0.308 e. The van der Waals surface area contributed by atoms with Crippen LogP contribution < -0.4 is 0 Å². The summed E-state index contributed by atoms with van der Waals surface area (Å²) in [6, 6.07) is 19.7. The van der Waals surface area contributed by atoms with Gasteiger partial charge in [0, 0.05) is 5.41 Å². The molecule has 0 amide bonds. The summed E-state index contributed by atoms with van der Waals surface area (Å²) in [5.74, 6) is -4.04. The summed E-state index contributed by atoms with van der Waals surface area (Å²) in [6.07, 6.45) is 1.34. The molecule has 3 aliphatic rings. The molecule has 5 atom stereocenters. The third-order valence-corrected chi connectivity index (χ3v) is 7.16. The molecule has 3 saturated carbocycles. The number of carbonyl (C=O) groups is 2. The normalized spacial score (nSPS) is 33.4. The molecule has 146 valence electrons. The number of fused-ring (bicyclic) bond motifs is 3. The van der Waals surface area contributed by atoms with E-state index in [1.54, 1.807) is 0 Å². The van der Waals surface area contributed by atoms with Crippen LogP contribution in [0.15, 0.2) is 60.7 Å². The fraction of sp³-hybridized carbons (Fsp3) is 0.417. The zero-order chi connectivity index (χ0) is 20.1. The molecule has 0 saturated heterocycles. The van der Waals surface area contributed by atoms with E-state index in [1.807, 2.05) is 48.5 Å². The van der Waals surface area contributed by atoms with E-state index in [9.17, 15) is 19.8 Å². The van der Waals surface area contributed by atoms with Crippen molar-refractivity contribution in [2.75, 3.05) is 0 Å². The van der Waals surface area contributed by atoms with Crippen molar-refractivity contribution in [2.24, 2.45) is 23.2 Å². The molecule has 5 rings (SSSR count). The number of carboxylic acid groups (broad SMARTS) is 2. The molecular formula is C24H26O4. The number of rotatable bonds is 4. The molecule has 5 unspecified atom stereocenters. The Balaban J connectivity index is 1.98. The minimum absolute atomic E-state index is 0.0156.